The maximum absolute atomic E-state index is 11.5. The lowest BCUT2D eigenvalue weighted by Gasteiger charge is -2.10. The van der Waals surface area contributed by atoms with Crippen molar-refractivity contribution in [2.45, 2.75) is 12.5 Å². The van der Waals surface area contributed by atoms with Gasteiger partial charge < -0.3 is 10.1 Å². The maximum Gasteiger partial charge on any atom is 0.246 e. The van der Waals surface area contributed by atoms with E-state index in [2.05, 4.69) is 10.6 Å². The number of hydrogen-bond acceptors (Lipinski definition) is 5. The van der Waals surface area contributed by atoms with Gasteiger partial charge >= 0.3 is 0 Å². The van der Waals surface area contributed by atoms with Crippen LogP contribution in [-0.2, 0) is 19.1 Å². The third kappa shape index (κ3) is 3.79. The fourth-order valence-electron chi connectivity index (χ4n) is 1.49. The summed E-state index contributed by atoms with van der Waals surface area (Å²) in [5, 5.41) is 5.36. The fourth-order valence-corrected chi connectivity index (χ4v) is 1.49. The van der Waals surface area contributed by atoms with Crippen molar-refractivity contribution < 1.29 is 19.1 Å². The molecule has 0 bridgehead atoms. The highest BCUT2D eigenvalue weighted by Crippen LogP contribution is 2.09. The van der Waals surface area contributed by atoms with E-state index in [-0.39, 0.29) is 30.7 Å². The van der Waals surface area contributed by atoms with Crippen molar-refractivity contribution in [3.8, 4) is 0 Å². The van der Waals surface area contributed by atoms with Gasteiger partial charge in [-0.2, -0.15) is 0 Å². The lowest BCUT2D eigenvalue weighted by molar-refractivity contribution is -0.137. The third-order valence-corrected chi connectivity index (χ3v) is 2.52. The second kappa shape index (κ2) is 6.31. The largest absolute Gasteiger partial charge is 0.383 e. The molecule has 7 nitrogen and oxygen atoms in total. The number of hydrogen-bond donors (Lipinski definition) is 2. The van der Waals surface area contributed by atoms with Gasteiger partial charge in [0.05, 0.1) is 25.6 Å². The van der Waals surface area contributed by atoms with E-state index in [1.54, 1.807) is 7.11 Å². The van der Waals surface area contributed by atoms with Crippen LogP contribution in [0.5, 0.6) is 0 Å². The number of ether oxygens (including phenoxy) is 1. The lowest BCUT2D eigenvalue weighted by Crippen LogP contribution is -2.43. The number of likely N-dealkylation sites (tertiary alicyclic amines) is 1. The smallest absolute Gasteiger partial charge is 0.246 e. The van der Waals surface area contributed by atoms with Crippen LogP contribution in [0.15, 0.2) is 0 Å². The van der Waals surface area contributed by atoms with Gasteiger partial charge in [-0.1, -0.05) is 0 Å². The van der Waals surface area contributed by atoms with Crippen LogP contribution < -0.4 is 10.6 Å². The van der Waals surface area contributed by atoms with E-state index in [0.29, 0.717) is 13.2 Å². The van der Waals surface area contributed by atoms with E-state index in [1.165, 1.54) is 7.05 Å². The average molecular weight is 243 g/mol. The molecule has 0 saturated carbocycles. The summed E-state index contributed by atoms with van der Waals surface area (Å²) in [4.78, 5) is 35.1. The summed E-state index contributed by atoms with van der Waals surface area (Å²) >= 11 is 0. The van der Waals surface area contributed by atoms with Gasteiger partial charge in [0.2, 0.25) is 17.7 Å². The Morgan fingerprint density at radius 3 is 2.76 bits per heavy atom. The molecule has 2 N–H and O–H groups in total. The summed E-state index contributed by atoms with van der Waals surface area (Å²) in [5.41, 5.74) is 0. The molecule has 0 aromatic rings. The van der Waals surface area contributed by atoms with E-state index in [0.717, 1.165) is 4.90 Å². The number of rotatable bonds is 6. The van der Waals surface area contributed by atoms with Crippen LogP contribution in [0.1, 0.15) is 6.42 Å². The number of amides is 3. The number of methoxy groups -OCH3 is 1. The fraction of sp³-hybridized carbons (Fsp3) is 0.700. The highest BCUT2D eigenvalue weighted by atomic mass is 16.5. The summed E-state index contributed by atoms with van der Waals surface area (Å²) in [6.07, 6.45) is 0.112. The molecular weight excluding hydrogens is 226 g/mol. The van der Waals surface area contributed by atoms with E-state index in [1.807, 2.05) is 0 Å². The molecule has 17 heavy (non-hydrogen) atoms. The molecule has 7 heteroatoms. The third-order valence-electron chi connectivity index (χ3n) is 2.52. The van der Waals surface area contributed by atoms with Crippen LogP contribution in [0.3, 0.4) is 0 Å². The number of nitrogens with zero attached hydrogens (tertiary/aromatic N) is 1. The van der Waals surface area contributed by atoms with Crippen molar-refractivity contribution in [3.63, 3.8) is 0 Å². The lowest BCUT2D eigenvalue weighted by atomic mass is 10.2. The Morgan fingerprint density at radius 2 is 2.24 bits per heavy atom. The Balaban J connectivity index is 2.25. The molecule has 1 atom stereocenters. The minimum Gasteiger partial charge on any atom is -0.383 e. The topological polar surface area (TPSA) is 87.7 Å². The Kier molecular flexibility index (Phi) is 5.05. The first-order valence-electron chi connectivity index (χ1n) is 5.35. The number of imide groups is 1. The molecule has 0 aromatic heterocycles. The Hall–Kier alpha value is -1.47. The Morgan fingerprint density at radius 1 is 1.53 bits per heavy atom. The predicted octanol–water partition coefficient (Wildman–Crippen LogP) is -1.90. The van der Waals surface area contributed by atoms with Crippen LogP contribution >= 0.6 is 0 Å². The predicted molar refractivity (Wildman–Crippen MR) is 59.1 cm³/mol. The van der Waals surface area contributed by atoms with Crippen molar-refractivity contribution in [3.05, 3.63) is 0 Å². The molecule has 1 fully saturated rings. The second-order valence-corrected chi connectivity index (χ2v) is 3.77. The van der Waals surface area contributed by atoms with E-state index in [4.69, 9.17) is 4.74 Å². The molecule has 1 aliphatic rings. The van der Waals surface area contributed by atoms with Gasteiger partial charge in [0.25, 0.3) is 0 Å². The van der Waals surface area contributed by atoms with Crippen molar-refractivity contribution in [2.24, 2.45) is 0 Å². The van der Waals surface area contributed by atoms with E-state index in [9.17, 15) is 14.4 Å². The van der Waals surface area contributed by atoms with Gasteiger partial charge in [0.1, 0.15) is 0 Å². The van der Waals surface area contributed by atoms with Crippen LogP contribution in [0.2, 0.25) is 0 Å². The SMILES string of the molecule is COCCNC(=O)CNC1CC(=O)N(C)C1=O. The maximum atomic E-state index is 11.5. The van der Waals surface area contributed by atoms with Gasteiger partial charge in [0.15, 0.2) is 0 Å². The van der Waals surface area contributed by atoms with Crippen molar-refractivity contribution >= 4 is 17.7 Å². The molecule has 1 aliphatic heterocycles. The highest BCUT2D eigenvalue weighted by Gasteiger charge is 2.35. The summed E-state index contributed by atoms with van der Waals surface area (Å²) < 4.78 is 4.77. The summed E-state index contributed by atoms with van der Waals surface area (Å²) in [6.45, 7) is 0.880. The first kappa shape index (κ1) is 13.6. The monoisotopic (exact) mass is 243 g/mol. The molecule has 1 saturated heterocycles. The standard InChI is InChI=1S/C10H17N3O4/c1-13-9(15)5-7(10(13)16)12-6-8(14)11-3-4-17-2/h7,12H,3-6H2,1-2H3,(H,11,14). The Labute approximate surface area is 99.5 Å². The van der Waals surface area contributed by atoms with Gasteiger partial charge in [-0.05, 0) is 0 Å². The highest BCUT2D eigenvalue weighted by molar-refractivity contribution is 6.05. The zero-order valence-corrected chi connectivity index (χ0v) is 9.99. The molecule has 0 aromatic carbocycles. The quantitative estimate of drug-likeness (QED) is 0.420. The van der Waals surface area contributed by atoms with Crippen LogP contribution in [0, 0.1) is 0 Å². The van der Waals surface area contributed by atoms with Crippen molar-refractivity contribution in [1.82, 2.24) is 15.5 Å². The zero-order valence-electron chi connectivity index (χ0n) is 9.99. The summed E-state index contributed by atoms with van der Waals surface area (Å²) in [6, 6.07) is -0.583. The molecule has 1 heterocycles. The Bertz CT molecular complexity index is 319. The average Bonchev–Trinajstić information content (AvgIpc) is 2.54. The number of nitrogens with one attached hydrogen (secondary N) is 2. The zero-order chi connectivity index (χ0) is 12.8. The molecule has 1 unspecified atom stereocenters. The minimum absolute atomic E-state index is 0.0151. The molecule has 0 spiro atoms. The van der Waals surface area contributed by atoms with E-state index < -0.39 is 6.04 Å². The molecule has 0 aliphatic carbocycles. The molecule has 96 valence electrons. The van der Waals surface area contributed by atoms with Gasteiger partial charge in [-0.25, -0.2) is 0 Å². The van der Waals surface area contributed by atoms with Crippen LogP contribution in [-0.4, -0.2) is 62.5 Å². The second-order valence-electron chi connectivity index (χ2n) is 3.77. The summed E-state index contributed by atoms with van der Waals surface area (Å²) in [7, 11) is 2.98. The first-order chi connectivity index (χ1) is 8.06. The first-order valence-corrected chi connectivity index (χ1v) is 5.35. The van der Waals surface area contributed by atoms with Crippen molar-refractivity contribution in [2.75, 3.05) is 33.9 Å². The molecule has 1 rings (SSSR count). The molecular formula is C10H17N3O4. The van der Waals surface area contributed by atoms with Crippen LogP contribution in [0.25, 0.3) is 0 Å². The van der Waals surface area contributed by atoms with Crippen LogP contribution in [0.4, 0.5) is 0 Å². The van der Waals surface area contributed by atoms with Gasteiger partial charge in [-0.3, -0.25) is 24.6 Å². The molecule has 3 amide bonds. The summed E-state index contributed by atoms with van der Waals surface area (Å²) in [5.74, 6) is -0.746. The number of carbonyl (C=O) groups excluding carboxylic acids is 3. The minimum atomic E-state index is -0.583. The van der Waals surface area contributed by atoms with Gasteiger partial charge in [-0.15, -0.1) is 0 Å². The number of likely N-dealkylation sites (N-methyl/N-ethyl adjacent to an activating group) is 1. The van der Waals surface area contributed by atoms with E-state index >= 15 is 0 Å². The normalized spacial score (nSPS) is 19.9. The van der Waals surface area contributed by atoms with Gasteiger partial charge in [0, 0.05) is 20.7 Å². The number of carbonyl (C=O) groups is 3. The van der Waals surface area contributed by atoms with Crippen molar-refractivity contribution in [1.29, 1.82) is 0 Å². The molecule has 0 radical (unpaired) electrons.